The number of likely N-dealkylation sites (tertiary alicyclic amines) is 2. The number of carbonyl (C=O) groups is 8. The first-order chi connectivity index (χ1) is 17.0. The van der Waals surface area contributed by atoms with Gasteiger partial charge in [0.1, 0.15) is 0 Å². The number of amides is 6. The van der Waals surface area contributed by atoms with E-state index in [1.165, 1.54) is 0 Å². The van der Waals surface area contributed by atoms with E-state index < -0.39 is 47.4 Å². The molecular weight excluding hydrogens is 516 g/mol. The zero-order chi connectivity index (χ0) is 27.1. The summed E-state index contributed by atoms with van der Waals surface area (Å²) in [4.78, 5) is 89.9. The van der Waals surface area contributed by atoms with Gasteiger partial charge in [0, 0.05) is 50.5 Å². The fourth-order valence-electron chi connectivity index (χ4n) is 3.73. The van der Waals surface area contributed by atoms with Crippen molar-refractivity contribution in [3.63, 3.8) is 0 Å². The molecule has 2 heterocycles. The molecular formula is C24H32CaN2O10. The van der Waals surface area contributed by atoms with E-state index in [2.05, 4.69) is 0 Å². The number of rotatable bonds is 14. The maximum absolute atomic E-state index is 11.6. The summed E-state index contributed by atoms with van der Waals surface area (Å²) in [5, 5.41) is 20.3. The molecule has 200 valence electrons. The van der Waals surface area contributed by atoms with Gasteiger partial charge in [-0.25, -0.2) is 9.80 Å². The Hall–Kier alpha value is -2.18. The molecule has 0 aromatic heterocycles. The van der Waals surface area contributed by atoms with E-state index in [1.807, 2.05) is 0 Å². The SMILES string of the molecule is O=C([O-])CCCCCCC(=O)N1C(=O)CCC1=O.O=C([O-])CCCCCCC(=O)N1C(=O)CCC1=O.[Ca+2]. The Labute approximate surface area is 245 Å². The van der Waals surface area contributed by atoms with Crippen molar-refractivity contribution in [2.75, 3.05) is 0 Å². The quantitative estimate of drug-likeness (QED) is 0.150. The number of nitrogens with zero attached hydrogens (tertiary/aromatic N) is 2. The molecule has 0 spiro atoms. The Morgan fingerprint density at radius 2 is 0.730 bits per heavy atom. The van der Waals surface area contributed by atoms with Crippen molar-refractivity contribution in [3.05, 3.63) is 0 Å². The van der Waals surface area contributed by atoms with Gasteiger partial charge in [-0.1, -0.05) is 25.7 Å². The van der Waals surface area contributed by atoms with E-state index in [4.69, 9.17) is 0 Å². The van der Waals surface area contributed by atoms with Crippen LogP contribution in [0.1, 0.15) is 103 Å². The Morgan fingerprint density at radius 1 is 0.486 bits per heavy atom. The summed E-state index contributed by atoms with van der Waals surface area (Å²) < 4.78 is 0. The summed E-state index contributed by atoms with van der Waals surface area (Å²) in [6.07, 6.45) is 5.82. The summed E-state index contributed by atoms with van der Waals surface area (Å²) in [6, 6.07) is 0. The first-order valence-electron chi connectivity index (χ1n) is 12.2. The molecule has 0 unspecified atom stereocenters. The van der Waals surface area contributed by atoms with Crippen LogP contribution in [0.5, 0.6) is 0 Å². The van der Waals surface area contributed by atoms with Gasteiger partial charge in [-0.3, -0.25) is 28.8 Å². The molecule has 2 aliphatic heterocycles. The number of aliphatic carboxylic acids is 2. The second-order valence-corrected chi connectivity index (χ2v) is 8.61. The molecule has 0 bridgehead atoms. The summed E-state index contributed by atoms with van der Waals surface area (Å²) in [7, 11) is 0. The van der Waals surface area contributed by atoms with Crippen LogP contribution in [0.2, 0.25) is 0 Å². The molecule has 2 fully saturated rings. The van der Waals surface area contributed by atoms with Gasteiger partial charge in [0.2, 0.25) is 35.4 Å². The largest absolute Gasteiger partial charge is 2.00 e. The van der Waals surface area contributed by atoms with Gasteiger partial charge in [-0.05, 0) is 38.5 Å². The Bertz CT molecular complexity index is 772. The second kappa shape index (κ2) is 19.0. The molecule has 37 heavy (non-hydrogen) atoms. The van der Waals surface area contributed by atoms with E-state index >= 15 is 0 Å². The first-order valence-corrected chi connectivity index (χ1v) is 12.2. The molecule has 12 nitrogen and oxygen atoms in total. The van der Waals surface area contributed by atoms with Crippen LogP contribution in [-0.2, 0) is 38.4 Å². The van der Waals surface area contributed by atoms with E-state index in [1.54, 1.807) is 0 Å². The van der Waals surface area contributed by atoms with Gasteiger partial charge in [0.25, 0.3) is 0 Å². The van der Waals surface area contributed by atoms with Crippen molar-refractivity contribution in [2.45, 2.75) is 103 Å². The van der Waals surface area contributed by atoms with Gasteiger partial charge < -0.3 is 19.8 Å². The Kier molecular flexibility index (Phi) is 17.9. The average molecular weight is 549 g/mol. The van der Waals surface area contributed by atoms with Gasteiger partial charge in [-0.2, -0.15) is 0 Å². The molecule has 6 amide bonds. The third-order valence-electron chi connectivity index (χ3n) is 5.64. The molecule has 0 aromatic carbocycles. The maximum atomic E-state index is 11.6. The predicted octanol–water partition coefficient (Wildman–Crippen LogP) is -0.876. The number of hydrogen-bond donors (Lipinski definition) is 0. The minimum Gasteiger partial charge on any atom is -0.550 e. The van der Waals surface area contributed by atoms with Crippen LogP contribution in [0, 0.1) is 0 Å². The van der Waals surface area contributed by atoms with Crippen molar-refractivity contribution < 1.29 is 48.6 Å². The molecule has 2 rings (SSSR count). The maximum Gasteiger partial charge on any atom is 2.00 e. The van der Waals surface area contributed by atoms with Crippen molar-refractivity contribution in [3.8, 4) is 0 Å². The minimum atomic E-state index is -1.07. The van der Waals surface area contributed by atoms with Crippen molar-refractivity contribution >= 4 is 85.1 Å². The summed E-state index contributed by atoms with van der Waals surface area (Å²) in [5.74, 6) is -4.68. The van der Waals surface area contributed by atoms with E-state index in [0.717, 1.165) is 9.80 Å². The standard InChI is InChI=1S/2C12H17NO5.Ca/c2*14-9(13-10(15)7-8-11(13)16)5-3-1-2-4-6-12(17)18;/h2*1-8H2,(H,17,18);/q;;+2/p-2. The van der Waals surface area contributed by atoms with Crippen LogP contribution in [0.15, 0.2) is 0 Å². The van der Waals surface area contributed by atoms with E-state index in [-0.39, 0.29) is 89.1 Å². The first kappa shape index (κ1) is 34.8. The van der Waals surface area contributed by atoms with Crippen LogP contribution in [0.3, 0.4) is 0 Å². The zero-order valence-corrected chi connectivity index (χ0v) is 23.2. The Balaban J connectivity index is 0.000000682. The molecule has 0 atom stereocenters. The molecule has 2 aliphatic rings. The van der Waals surface area contributed by atoms with Gasteiger partial charge in [0.05, 0.1) is 0 Å². The van der Waals surface area contributed by atoms with E-state index in [9.17, 15) is 48.6 Å². The smallest absolute Gasteiger partial charge is 0.550 e. The topological polar surface area (TPSA) is 189 Å². The molecule has 0 aromatic rings. The zero-order valence-electron chi connectivity index (χ0n) is 21.0. The number of hydrogen-bond acceptors (Lipinski definition) is 10. The summed E-state index contributed by atoms with van der Waals surface area (Å²) in [5.41, 5.74) is 0. The molecule has 0 N–H and O–H groups in total. The van der Waals surface area contributed by atoms with Gasteiger partial charge in [-0.15, -0.1) is 0 Å². The number of imide groups is 6. The third-order valence-corrected chi connectivity index (χ3v) is 5.64. The molecule has 0 saturated carbocycles. The number of carbonyl (C=O) groups excluding carboxylic acids is 8. The van der Waals surface area contributed by atoms with Crippen LogP contribution >= 0.6 is 0 Å². The number of carboxylic acid groups (broad SMARTS) is 2. The number of unbranched alkanes of at least 4 members (excludes halogenated alkanes) is 6. The van der Waals surface area contributed by atoms with Crippen LogP contribution < -0.4 is 10.2 Å². The van der Waals surface area contributed by atoms with Gasteiger partial charge in [0.15, 0.2) is 0 Å². The monoisotopic (exact) mass is 548 g/mol. The predicted molar refractivity (Wildman–Crippen MR) is 123 cm³/mol. The molecule has 0 aliphatic carbocycles. The molecule has 2 saturated heterocycles. The van der Waals surface area contributed by atoms with Crippen LogP contribution in [0.25, 0.3) is 0 Å². The van der Waals surface area contributed by atoms with Crippen LogP contribution in [-0.4, -0.2) is 94.9 Å². The second-order valence-electron chi connectivity index (χ2n) is 8.61. The third kappa shape index (κ3) is 13.8. The minimum absolute atomic E-state index is 0. The van der Waals surface area contributed by atoms with Crippen LogP contribution in [0.4, 0.5) is 0 Å². The van der Waals surface area contributed by atoms with E-state index in [0.29, 0.717) is 51.4 Å². The molecule has 13 heteroatoms. The van der Waals surface area contributed by atoms with Crippen molar-refractivity contribution in [1.29, 1.82) is 0 Å². The molecule has 0 radical (unpaired) electrons. The average Bonchev–Trinajstić information content (AvgIpc) is 3.32. The van der Waals surface area contributed by atoms with Crippen molar-refractivity contribution in [1.82, 2.24) is 9.80 Å². The number of carboxylic acids is 2. The summed E-state index contributed by atoms with van der Waals surface area (Å²) >= 11 is 0. The fourth-order valence-corrected chi connectivity index (χ4v) is 3.73. The van der Waals surface area contributed by atoms with Crippen molar-refractivity contribution in [2.24, 2.45) is 0 Å². The Morgan fingerprint density at radius 3 is 0.973 bits per heavy atom. The summed E-state index contributed by atoms with van der Waals surface area (Å²) in [6.45, 7) is 0. The fraction of sp³-hybridized carbons (Fsp3) is 0.667. The van der Waals surface area contributed by atoms with Gasteiger partial charge >= 0.3 is 37.7 Å². The normalized spacial score (nSPS) is 14.8.